The standard InChI is InChI=1S/C26H30N6O4S/c1-5-20(22-12-18(15-36-22)16(2)3)28-24-25(31-37(35)30-24)29-21-10-6-9-19(23(21)33)26(34)32(4)14-17-8-7-11-27-13-17/h6-13,15-16,20,33H,5,14H2,1-4H3,(H,28,30)(H,29,31)/t20-,37?/m1/s1. The molecule has 0 bridgehead atoms. The van der Waals surface area contributed by atoms with Crippen molar-refractivity contribution in [3.05, 3.63) is 83.0 Å². The van der Waals surface area contributed by atoms with Crippen LogP contribution in [-0.2, 0) is 6.54 Å². The molecule has 0 aliphatic heterocycles. The molecule has 37 heavy (non-hydrogen) atoms. The van der Waals surface area contributed by atoms with Crippen molar-refractivity contribution < 1.29 is 18.9 Å². The number of nitrogens with zero attached hydrogens (tertiary/aromatic N) is 4. The summed E-state index contributed by atoms with van der Waals surface area (Å²) in [6.07, 6.45) is 5.72. The highest BCUT2D eigenvalue weighted by Crippen LogP contribution is 2.31. The molecule has 0 saturated carbocycles. The van der Waals surface area contributed by atoms with Crippen molar-refractivity contribution in [1.29, 1.82) is 0 Å². The van der Waals surface area contributed by atoms with Crippen molar-refractivity contribution in [1.82, 2.24) is 18.6 Å². The Kier molecular flexibility index (Phi) is 8.04. The maximum absolute atomic E-state index is 13.1. The van der Waals surface area contributed by atoms with Crippen molar-refractivity contribution >= 4 is 28.6 Å². The first-order chi connectivity index (χ1) is 17.8. The molecule has 4 rings (SSSR count). The van der Waals surface area contributed by atoms with Gasteiger partial charge in [0, 0.05) is 30.4 Å². The summed E-state index contributed by atoms with van der Waals surface area (Å²) >= 11 is -1.73. The number of anilines is 2. The molecule has 1 unspecified atom stereocenters. The minimum Gasteiger partial charge on any atom is -0.548 e. The molecule has 1 amide bonds. The van der Waals surface area contributed by atoms with Crippen LogP contribution in [0.2, 0.25) is 0 Å². The Hall–Kier alpha value is -3.96. The Morgan fingerprint density at radius 3 is 2.81 bits per heavy atom. The predicted molar refractivity (Wildman–Crippen MR) is 140 cm³/mol. The topological polar surface area (TPSA) is 143 Å². The van der Waals surface area contributed by atoms with Crippen molar-refractivity contribution in [2.45, 2.75) is 45.7 Å². The Balaban J connectivity index is 1.60. The Bertz CT molecular complexity index is 1430. The molecule has 2 atom stereocenters. The number of H-pyrrole nitrogens is 1. The smallest absolute Gasteiger partial charge is 0.257 e. The SMILES string of the molecule is CC[C@@H](N=c1[nH][s+]([O-])nc1Nc1cccc(C(=O)N(C)Cc2cccnc2)c1O)c1cc(C(C)C)co1. The first-order valence-electron chi connectivity index (χ1n) is 11.9. The van der Waals surface area contributed by atoms with Crippen LogP contribution in [0.4, 0.5) is 11.5 Å². The van der Waals surface area contributed by atoms with Crippen molar-refractivity contribution in [3.8, 4) is 5.75 Å². The number of para-hydroxylation sites is 1. The quantitative estimate of drug-likeness (QED) is 0.207. The van der Waals surface area contributed by atoms with E-state index in [0.717, 1.165) is 11.1 Å². The highest BCUT2D eigenvalue weighted by Gasteiger charge is 2.21. The van der Waals surface area contributed by atoms with Gasteiger partial charge in [0.1, 0.15) is 11.8 Å². The van der Waals surface area contributed by atoms with Gasteiger partial charge in [0.2, 0.25) is 11.3 Å². The first-order valence-corrected chi connectivity index (χ1v) is 13.0. The third-order valence-corrected chi connectivity index (χ3v) is 6.61. The number of rotatable bonds is 9. The fraction of sp³-hybridized carbons (Fsp3) is 0.308. The molecule has 11 heteroatoms. The zero-order chi connectivity index (χ0) is 26.5. The summed E-state index contributed by atoms with van der Waals surface area (Å²) < 4.78 is 24.8. The van der Waals surface area contributed by atoms with Crippen LogP contribution < -0.4 is 10.8 Å². The Morgan fingerprint density at radius 2 is 2.14 bits per heavy atom. The summed E-state index contributed by atoms with van der Waals surface area (Å²) in [5.41, 5.74) is 2.57. The molecule has 194 valence electrons. The summed E-state index contributed by atoms with van der Waals surface area (Å²) in [7, 11) is 1.65. The molecule has 1 aromatic carbocycles. The summed E-state index contributed by atoms with van der Waals surface area (Å²) in [4.78, 5) is 23.3. The van der Waals surface area contributed by atoms with Gasteiger partial charge in [-0.15, -0.1) is 4.37 Å². The lowest BCUT2D eigenvalue weighted by Crippen LogP contribution is -2.26. The second-order valence-corrected chi connectivity index (χ2v) is 9.86. The van der Waals surface area contributed by atoms with Crippen LogP contribution in [-0.4, -0.2) is 41.2 Å². The van der Waals surface area contributed by atoms with Crippen molar-refractivity contribution in [2.75, 3.05) is 12.4 Å². The lowest BCUT2D eigenvalue weighted by molar-refractivity contribution is 0.0782. The van der Waals surface area contributed by atoms with Crippen LogP contribution in [0.1, 0.15) is 66.4 Å². The van der Waals surface area contributed by atoms with Crippen molar-refractivity contribution in [3.63, 3.8) is 0 Å². The molecule has 10 nitrogen and oxygen atoms in total. The number of benzene rings is 1. The third-order valence-electron chi connectivity index (χ3n) is 5.90. The first kappa shape index (κ1) is 26.1. The van der Waals surface area contributed by atoms with E-state index in [1.165, 1.54) is 4.90 Å². The number of carbonyl (C=O) groups is 1. The second-order valence-electron chi connectivity index (χ2n) is 8.98. The average molecular weight is 523 g/mol. The molecule has 4 aromatic rings. The zero-order valence-electron chi connectivity index (χ0n) is 21.1. The normalized spacial score (nSPS) is 13.1. The highest BCUT2D eigenvalue weighted by atomic mass is 32.2. The minimum atomic E-state index is -1.73. The number of pyridine rings is 1. The molecule has 0 fully saturated rings. The van der Waals surface area contributed by atoms with Crippen LogP contribution in [0.25, 0.3) is 0 Å². The fourth-order valence-electron chi connectivity index (χ4n) is 3.79. The molecule has 0 aliphatic rings. The number of hydrogen-bond donors (Lipinski definition) is 3. The third kappa shape index (κ3) is 6.07. The van der Waals surface area contributed by atoms with E-state index in [9.17, 15) is 14.5 Å². The maximum atomic E-state index is 13.1. The van der Waals surface area contributed by atoms with Gasteiger partial charge in [-0.05, 0) is 47.7 Å². The molecule has 3 N–H and O–H groups in total. The number of carbonyl (C=O) groups excluding carboxylic acids is 1. The molecular formula is C26H30N6O4S. The van der Waals surface area contributed by atoms with Gasteiger partial charge in [-0.2, -0.15) is 0 Å². The van der Waals surface area contributed by atoms with Gasteiger partial charge in [-0.1, -0.05) is 32.9 Å². The van der Waals surface area contributed by atoms with Crippen LogP contribution in [0.3, 0.4) is 0 Å². The number of phenolic OH excluding ortho intramolecular Hbond substituents is 1. The van der Waals surface area contributed by atoms with E-state index in [0.29, 0.717) is 24.6 Å². The van der Waals surface area contributed by atoms with Gasteiger partial charge in [0.25, 0.3) is 5.91 Å². The monoisotopic (exact) mass is 522 g/mol. The minimum absolute atomic E-state index is 0.116. The average Bonchev–Trinajstić information content (AvgIpc) is 3.51. The molecule has 0 aliphatic carbocycles. The van der Waals surface area contributed by atoms with Crippen LogP contribution >= 0.6 is 11.1 Å². The molecule has 3 heterocycles. The number of furan rings is 1. The predicted octanol–water partition coefficient (Wildman–Crippen LogP) is 5.02. The highest BCUT2D eigenvalue weighted by molar-refractivity contribution is 7.13. The number of aromatic amines is 1. The van der Waals surface area contributed by atoms with Gasteiger partial charge in [-0.25, -0.2) is 4.99 Å². The van der Waals surface area contributed by atoms with E-state index < -0.39 is 11.1 Å². The number of aromatic nitrogens is 3. The Labute approximate surface area is 217 Å². The summed E-state index contributed by atoms with van der Waals surface area (Å²) in [5.74, 6) is 0.601. The molecule has 3 aromatic heterocycles. The van der Waals surface area contributed by atoms with Crippen LogP contribution in [0.5, 0.6) is 5.75 Å². The summed E-state index contributed by atoms with van der Waals surface area (Å²) in [6.45, 7) is 6.48. The largest absolute Gasteiger partial charge is 0.548 e. The van der Waals surface area contributed by atoms with Crippen LogP contribution in [0, 0.1) is 0 Å². The number of phenols is 1. The van der Waals surface area contributed by atoms with Gasteiger partial charge in [-0.3, -0.25) is 9.78 Å². The maximum Gasteiger partial charge on any atom is 0.257 e. The molecule has 0 saturated heterocycles. The van der Waals surface area contributed by atoms with Crippen LogP contribution in [0.15, 0.2) is 64.5 Å². The Morgan fingerprint density at radius 1 is 1.32 bits per heavy atom. The van der Waals surface area contributed by atoms with Gasteiger partial charge < -0.3 is 24.3 Å². The fourth-order valence-corrected chi connectivity index (χ4v) is 4.45. The van der Waals surface area contributed by atoms with Gasteiger partial charge in [0.05, 0.1) is 17.5 Å². The molecule has 0 radical (unpaired) electrons. The zero-order valence-corrected chi connectivity index (χ0v) is 22.0. The van der Waals surface area contributed by atoms with E-state index in [1.54, 1.807) is 50.0 Å². The van der Waals surface area contributed by atoms with Gasteiger partial charge in [0.15, 0.2) is 16.9 Å². The summed E-state index contributed by atoms with van der Waals surface area (Å²) in [6, 6.07) is 10.1. The lowest BCUT2D eigenvalue weighted by atomic mass is 10.1. The second kappa shape index (κ2) is 11.4. The lowest BCUT2D eigenvalue weighted by Gasteiger charge is -2.18. The van der Waals surface area contributed by atoms with E-state index in [-0.39, 0.29) is 40.3 Å². The van der Waals surface area contributed by atoms with E-state index in [4.69, 9.17) is 4.42 Å². The van der Waals surface area contributed by atoms with E-state index in [1.807, 2.05) is 19.1 Å². The van der Waals surface area contributed by atoms with E-state index in [2.05, 4.69) is 37.9 Å². The number of nitrogens with one attached hydrogen (secondary N) is 2. The van der Waals surface area contributed by atoms with Crippen molar-refractivity contribution in [2.24, 2.45) is 4.99 Å². The molecular weight excluding hydrogens is 492 g/mol. The van der Waals surface area contributed by atoms with E-state index >= 15 is 0 Å². The molecule has 0 spiro atoms. The number of amides is 1. The number of hydrogen-bond acceptors (Lipinski definition) is 8. The number of aromatic hydroxyl groups is 1. The summed E-state index contributed by atoms with van der Waals surface area (Å²) in [5, 5.41) is 13.9. The van der Waals surface area contributed by atoms with Gasteiger partial charge >= 0.3 is 0 Å².